The van der Waals surface area contributed by atoms with Crippen LogP contribution in [-0.2, 0) is 9.59 Å². The van der Waals surface area contributed by atoms with E-state index in [2.05, 4.69) is 11.4 Å². The van der Waals surface area contributed by atoms with Crippen LogP contribution < -0.4 is 10.2 Å². The zero-order chi connectivity index (χ0) is 18.4. The van der Waals surface area contributed by atoms with E-state index in [4.69, 9.17) is 5.26 Å². The van der Waals surface area contributed by atoms with Crippen LogP contribution in [-0.4, -0.2) is 49.4 Å². The van der Waals surface area contributed by atoms with Crippen LogP contribution in [0.2, 0.25) is 0 Å². The van der Waals surface area contributed by atoms with Crippen molar-refractivity contribution in [3.05, 3.63) is 29.3 Å². The quantitative estimate of drug-likeness (QED) is 0.781. The van der Waals surface area contributed by atoms with Crippen molar-refractivity contribution < 1.29 is 9.59 Å². The third-order valence-corrected chi connectivity index (χ3v) is 4.38. The summed E-state index contributed by atoms with van der Waals surface area (Å²) in [6.07, 6.45) is 2.36. The van der Waals surface area contributed by atoms with Gasteiger partial charge in [0.2, 0.25) is 11.8 Å². The molecule has 0 spiro atoms. The molecule has 2 amide bonds. The van der Waals surface area contributed by atoms with Crippen LogP contribution in [0.15, 0.2) is 18.2 Å². The number of carbonyl (C=O) groups excluding carboxylic acids is 2. The van der Waals surface area contributed by atoms with Gasteiger partial charge in [-0.25, -0.2) is 0 Å². The first-order valence-electron chi connectivity index (χ1n) is 8.63. The molecule has 1 N–H and O–H groups in total. The molecule has 0 atom stereocenters. The summed E-state index contributed by atoms with van der Waals surface area (Å²) in [6.45, 7) is 4.66. The molecule has 134 valence electrons. The summed E-state index contributed by atoms with van der Waals surface area (Å²) in [5, 5.41) is 11.8. The lowest BCUT2D eigenvalue weighted by molar-refractivity contribution is -0.123. The predicted molar refractivity (Wildman–Crippen MR) is 97.2 cm³/mol. The van der Waals surface area contributed by atoms with Gasteiger partial charge in [0.1, 0.15) is 0 Å². The Labute approximate surface area is 149 Å². The number of rotatable bonds is 8. The number of amides is 2. The minimum Gasteiger partial charge on any atom is -0.352 e. The zero-order valence-corrected chi connectivity index (χ0v) is 15.2. The molecule has 0 aliphatic heterocycles. The molecule has 1 aromatic rings. The van der Waals surface area contributed by atoms with E-state index in [1.165, 1.54) is 0 Å². The first-order chi connectivity index (χ1) is 11.9. The van der Waals surface area contributed by atoms with Crippen molar-refractivity contribution in [2.45, 2.75) is 39.2 Å². The van der Waals surface area contributed by atoms with Gasteiger partial charge in [-0.05, 0) is 50.9 Å². The van der Waals surface area contributed by atoms with Gasteiger partial charge in [0, 0.05) is 18.3 Å². The molecule has 6 nitrogen and oxygen atoms in total. The molecule has 1 aromatic carbocycles. The summed E-state index contributed by atoms with van der Waals surface area (Å²) < 4.78 is 0. The molecule has 1 fully saturated rings. The van der Waals surface area contributed by atoms with Crippen LogP contribution in [0, 0.1) is 25.2 Å². The number of nitrogens with zero attached hydrogens (tertiary/aromatic N) is 3. The number of aryl methyl sites for hydroxylation is 1. The molecule has 1 aliphatic rings. The van der Waals surface area contributed by atoms with Crippen LogP contribution in [0.5, 0.6) is 0 Å². The van der Waals surface area contributed by atoms with E-state index in [1.807, 2.05) is 32.0 Å². The topological polar surface area (TPSA) is 76.4 Å². The number of likely N-dealkylation sites (N-methyl/N-ethyl adjacent to an activating group) is 1. The third-order valence-electron chi connectivity index (χ3n) is 4.38. The molecular formula is C19H26N4O2. The average Bonchev–Trinajstić information content (AvgIpc) is 3.35. The lowest BCUT2D eigenvalue weighted by Crippen LogP contribution is -2.43. The fraction of sp³-hybridized carbons (Fsp3) is 0.526. The lowest BCUT2D eigenvalue weighted by Gasteiger charge is -2.26. The fourth-order valence-electron chi connectivity index (χ4n) is 2.69. The second-order valence-electron chi connectivity index (χ2n) is 6.69. The van der Waals surface area contributed by atoms with E-state index in [1.54, 1.807) is 16.8 Å². The van der Waals surface area contributed by atoms with Gasteiger partial charge in [0.05, 0.1) is 25.6 Å². The highest BCUT2D eigenvalue weighted by Crippen LogP contribution is 2.23. The Morgan fingerprint density at radius 2 is 2.00 bits per heavy atom. The van der Waals surface area contributed by atoms with Gasteiger partial charge in [-0.15, -0.1) is 0 Å². The minimum absolute atomic E-state index is 0.0480. The maximum atomic E-state index is 12.8. The molecule has 0 unspecified atom stereocenters. The smallest absolute Gasteiger partial charge is 0.241 e. The molecule has 0 radical (unpaired) electrons. The number of hydrogen-bond donors (Lipinski definition) is 1. The van der Waals surface area contributed by atoms with Crippen LogP contribution >= 0.6 is 0 Å². The highest BCUT2D eigenvalue weighted by molar-refractivity contribution is 5.96. The van der Waals surface area contributed by atoms with Crippen LogP contribution in [0.1, 0.15) is 30.4 Å². The fourth-order valence-corrected chi connectivity index (χ4v) is 2.69. The summed E-state index contributed by atoms with van der Waals surface area (Å²) in [6, 6.07) is 8.23. The second-order valence-corrected chi connectivity index (χ2v) is 6.69. The van der Waals surface area contributed by atoms with E-state index < -0.39 is 0 Å². The van der Waals surface area contributed by atoms with Crippen molar-refractivity contribution in [3.63, 3.8) is 0 Å². The molecule has 6 heteroatoms. The van der Waals surface area contributed by atoms with E-state index in [-0.39, 0.29) is 31.3 Å². The largest absolute Gasteiger partial charge is 0.352 e. The van der Waals surface area contributed by atoms with E-state index in [0.29, 0.717) is 12.6 Å². The van der Waals surface area contributed by atoms with Crippen molar-refractivity contribution in [2.75, 3.05) is 31.6 Å². The molecule has 25 heavy (non-hydrogen) atoms. The molecule has 1 saturated carbocycles. The SMILES string of the molecule is Cc1cccc(N(CCC#N)C(=O)CN(C)CC(=O)NC2CC2)c1C. The number of nitrogens with one attached hydrogen (secondary N) is 1. The van der Waals surface area contributed by atoms with Gasteiger partial charge in [0.15, 0.2) is 0 Å². The molecular weight excluding hydrogens is 316 g/mol. The number of benzene rings is 1. The Morgan fingerprint density at radius 1 is 1.28 bits per heavy atom. The second kappa shape index (κ2) is 8.63. The monoisotopic (exact) mass is 342 g/mol. The van der Waals surface area contributed by atoms with Gasteiger partial charge >= 0.3 is 0 Å². The third kappa shape index (κ3) is 5.57. The van der Waals surface area contributed by atoms with Crippen molar-refractivity contribution in [3.8, 4) is 6.07 Å². The van der Waals surface area contributed by atoms with Gasteiger partial charge in [-0.1, -0.05) is 12.1 Å². The normalized spacial score (nSPS) is 13.4. The van der Waals surface area contributed by atoms with Crippen molar-refractivity contribution in [1.82, 2.24) is 10.2 Å². The number of carbonyl (C=O) groups is 2. The summed E-state index contributed by atoms with van der Waals surface area (Å²) >= 11 is 0. The average molecular weight is 342 g/mol. The molecule has 1 aliphatic carbocycles. The maximum absolute atomic E-state index is 12.8. The van der Waals surface area contributed by atoms with E-state index >= 15 is 0 Å². The Morgan fingerprint density at radius 3 is 2.64 bits per heavy atom. The molecule has 0 aromatic heterocycles. The highest BCUT2D eigenvalue weighted by atomic mass is 16.2. The van der Waals surface area contributed by atoms with Crippen molar-refractivity contribution in [1.29, 1.82) is 5.26 Å². The predicted octanol–water partition coefficient (Wildman–Crippen LogP) is 1.76. The minimum atomic E-state index is -0.106. The van der Waals surface area contributed by atoms with Gasteiger partial charge in [-0.3, -0.25) is 14.5 Å². The molecule has 0 heterocycles. The van der Waals surface area contributed by atoms with Crippen molar-refractivity contribution in [2.24, 2.45) is 0 Å². The first kappa shape index (κ1) is 18.9. The zero-order valence-electron chi connectivity index (χ0n) is 15.2. The number of nitriles is 1. The highest BCUT2D eigenvalue weighted by Gasteiger charge is 2.24. The van der Waals surface area contributed by atoms with Crippen LogP contribution in [0.4, 0.5) is 5.69 Å². The van der Waals surface area contributed by atoms with E-state index in [0.717, 1.165) is 29.7 Å². The summed E-state index contributed by atoms with van der Waals surface area (Å²) in [5.41, 5.74) is 2.96. The number of hydrogen-bond acceptors (Lipinski definition) is 4. The Balaban J connectivity index is 2.03. The Bertz CT molecular complexity index is 676. The molecule has 2 rings (SSSR count). The summed E-state index contributed by atoms with van der Waals surface area (Å²) in [4.78, 5) is 28.0. The molecule has 0 bridgehead atoms. The van der Waals surface area contributed by atoms with Crippen molar-refractivity contribution >= 4 is 17.5 Å². The van der Waals surface area contributed by atoms with Gasteiger partial charge in [-0.2, -0.15) is 5.26 Å². The summed E-state index contributed by atoms with van der Waals surface area (Å²) in [5.74, 6) is -0.154. The van der Waals surface area contributed by atoms with Crippen LogP contribution in [0.3, 0.4) is 0 Å². The Kier molecular flexibility index (Phi) is 6.54. The van der Waals surface area contributed by atoms with Gasteiger partial charge in [0.25, 0.3) is 0 Å². The summed E-state index contributed by atoms with van der Waals surface area (Å²) in [7, 11) is 1.76. The first-order valence-corrected chi connectivity index (χ1v) is 8.63. The maximum Gasteiger partial charge on any atom is 0.241 e. The standard InChI is InChI=1S/C19H26N4O2/c1-14-6-4-7-17(15(14)2)23(11-5-10-20)19(25)13-22(3)12-18(24)21-16-8-9-16/h4,6-7,16H,5,8-9,11-13H2,1-3H3,(H,21,24). The van der Waals surface area contributed by atoms with Crippen LogP contribution in [0.25, 0.3) is 0 Å². The van der Waals surface area contributed by atoms with Gasteiger partial charge < -0.3 is 10.2 Å². The lowest BCUT2D eigenvalue weighted by atomic mass is 10.1. The molecule has 0 saturated heterocycles. The number of anilines is 1. The van der Waals surface area contributed by atoms with E-state index in [9.17, 15) is 9.59 Å². The Hall–Kier alpha value is -2.39.